The fourth-order valence-corrected chi connectivity index (χ4v) is 4.60. The van der Waals surface area contributed by atoms with Crippen molar-refractivity contribution in [3.8, 4) is 5.75 Å². The number of ether oxygens (including phenoxy) is 1. The first kappa shape index (κ1) is 19.4. The Morgan fingerprint density at radius 2 is 1.74 bits per heavy atom. The van der Waals surface area contributed by atoms with Gasteiger partial charge in [0.1, 0.15) is 5.75 Å². The van der Waals surface area contributed by atoms with Crippen LogP contribution in [-0.4, -0.2) is 13.0 Å². The third-order valence-corrected chi connectivity index (χ3v) is 6.22. The number of nitrogens with zero attached hydrogens (tertiary/aromatic N) is 1. The monoisotopic (exact) mass is 407 g/mol. The van der Waals surface area contributed by atoms with Crippen LogP contribution >= 0.6 is 0 Å². The van der Waals surface area contributed by atoms with Gasteiger partial charge in [0, 0.05) is 18.0 Å². The molecule has 0 saturated heterocycles. The number of carbonyl (C=O) groups excluding carboxylic acids is 1. The van der Waals surface area contributed by atoms with Crippen molar-refractivity contribution in [1.29, 1.82) is 0 Å². The molecule has 1 atom stereocenters. The van der Waals surface area contributed by atoms with Crippen molar-refractivity contribution in [2.75, 3.05) is 12.0 Å². The Labute approximate surface area is 182 Å². The van der Waals surface area contributed by atoms with E-state index in [1.165, 1.54) is 21.9 Å². The van der Waals surface area contributed by atoms with Gasteiger partial charge in [-0.05, 0) is 52.6 Å². The van der Waals surface area contributed by atoms with Crippen molar-refractivity contribution in [2.24, 2.45) is 0 Å². The molecule has 4 aromatic carbocycles. The zero-order valence-corrected chi connectivity index (χ0v) is 17.8. The fourth-order valence-electron chi connectivity index (χ4n) is 4.60. The van der Waals surface area contributed by atoms with Crippen molar-refractivity contribution in [1.82, 2.24) is 0 Å². The number of hydrogen-bond acceptors (Lipinski definition) is 2. The van der Waals surface area contributed by atoms with Crippen LogP contribution in [0.25, 0.3) is 10.8 Å². The van der Waals surface area contributed by atoms with Gasteiger partial charge in [-0.15, -0.1) is 0 Å². The summed E-state index contributed by atoms with van der Waals surface area (Å²) in [5.74, 6) is 0.961. The molecule has 1 heterocycles. The molecule has 3 heteroatoms. The standard InChI is InChI=1S/C28H25NO2/c1-19-10-12-20(13-11-19)18-29-26-15-14-21-6-3-4-9-24(21)28(26)25(17-27(29)30)22-7-5-8-23(16-22)31-2/h3-16,25H,17-18H2,1-2H3. The zero-order chi connectivity index (χ0) is 21.4. The number of carbonyl (C=O) groups is 1. The van der Waals surface area contributed by atoms with E-state index < -0.39 is 0 Å². The summed E-state index contributed by atoms with van der Waals surface area (Å²) in [5.41, 5.74) is 5.69. The number of hydrogen-bond donors (Lipinski definition) is 0. The summed E-state index contributed by atoms with van der Waals surface area (Å²) in [6.45, 7) is 2.66. The van der Waals surface area contributed by atoms with E-state index in [0.717, 1.165) is 22.6 Å². The van der Waals surface area contributed by atoms with Gasteiger partial charge >= 0.3 is 0 Å². The Hall–Kier alpha value is -3.59. The van der Waals surface area contributed by atoms with Gasteiger partial charge in [0.15, 0.2) is 0 Å². The van der Waals surface area contributed by atoms with Crippen LogP contribution in [0.4, 0.5) is 5.69 Å². The quantitative estimate of drug-likeness (QED) is 0.402. The highest BCUT2D eigenvalue weighted by molar-refractivity contribution is 6.03. The van der Waals surface area contributed by atoms with E-state index in [1.54, 1.807) is 7.11 Å². The molecule has 0 bridgehead atoms. The average Bonchev–Trinajstić information content (AvgIpc) is 2.81. The summed E-state index contributed by atoms with van der Waals surface area (Å²) in [5, 5.41) is 2.40. The lowest BCUT2D eigenvalue weighted by Crippen LogP contribution is -2.36. The fraction of sp³-hybridized carbons (Fsp3) is 0.179. The summed E-state index contributed by atoms with van der Waals surface area (Å²) in [6, 6.07) is 29.2. The summed E-state index contributed by atoms with van der Waals surface area (Å²) in [4.78, 5) is 15.3. The third-order valence-electron chi connectivity index (χ3n) is 6.22. The van der Waals surface area contributed by atoms with Crippen LogP contribution < -0.4 is 9.64 Å². The topological polar surface area (TPSA) is 29.5 Å². The van der Waals surface area contributed by atoms with Gasteiger partial charge in [0.25, 0.3) is 0 Å². The van der Waals surface area contributed by atoms with Crippen molar-refractivity contribution in [3.05, 3.63) is 107 Å². The van der Waals surface area contributed by atoms with Gasteiger partial charge in [-0.2, -0.15) is 0 Å². The van der Waals surface area contributed by atoms with Gasteiger partial charge in [-0.1, -0.05) is 72.3 Å². The molecule has 1 aliphatic rings. The van der Waals surface area contributed by atoms with E-state index in [0.29, 0.717) is 13.0 Å². The van der Waals surface area contributed by atoms with E-state index in [9.17, 15) is 4.79 Å². The first-order valence-corrected chi connectivity index (χ1v) is 10.7. The molecule has 0 saturated carbocycles. The predicted octanol–water partition coefficient (Wildman–Crippen LogP) is 6.23. The van der Waals surface area contributed by atoms with Crippen LogP contribution in [0.1, 0.15) is 34.6 Å². The van der Waals surface area contributed by atoms with E-state index in [2.05, 4.69) is 79.7 Å². The van der Waals surface area contributed by atoms with Crippen molar-refractivity contribution in [3.63, 3.8) is 0 Å². The minimum Gasteiger partial charge on any atom is -0.497 e. The molecule has 0 N–H and O–H groups in total. The molecule has 1 unspecified atom stereocenters. The Bertz CT molecular complexity index is 1260. The molecule has 5 rings (SSSR count). The second-order valence-electron chi connectivity index (χ2n) is 8.22. The number of amides is 1. The first-order chi connectivity index (χ1) is 15.1. The van der Waals surface area contributed by atoms with Crippen LogP contribution in [0.3, 0.4) is 0 Å². The van der Waals surface area contributed by atoms with E-state index >= 15 is 0 Å². The summed E-state index contributed by atoms with van der Waals surface area (Å²) in [7, 11) is 1.68. The summed E-state index contributed by atoms with van der Waals surface area (Å²) < 4.78 is 5.46. The Morgan fingerprint density at radius 3 is 2.55 bits per heavy atom. The van der Waals surface area contributed by atoms with E-state index in [1.807, 2.05) is 17.0 Å². The van der Waals surface area contributed by atoms with Gasteiger partial charge in [-0.25, -0.2) is 0 Å². The average molecular weight is 408 g/mol. The Morgan fingerprint density at radius 1 is 0.935 bits per heavy atom. The zero-order valence-electron chi connectivity index (χ0n) is 17.8. The maximum Gasteiger partial charge on any atom is 0.228 e. The van der Waals surface area contributed by atoms with Gasteiger partial charge in [-0.3, -0.25) is 4.79 Å². The van der Waals surface area contributed by atoms with Crippen LogP contribution in [0, 0.1) is 6.92 Å². The lowest BCUT2D eigenvalue weighted by molar-refractivity contribution is -0.119. The molecule has 4 aromatic rings. The van der Waals surface area contributed by atoms with Crippen molar-refractivity contribution >= 4 is 22.4 Å². The lowest BCUT2D eigenvalue weighted by atomic mass is 9.81. The molecular weight excluding hydrogens is 382 g/mol. The van der Waals surface area contributed by atoms with Gasteiger partial charge in [0.05, 0.1) is 13.7 Å². The highest BCUT2D eigenvalue weighted by Gasteiger charge is 2.33. The summed E-state index contributed by atoms with van der Waals surface area (Å²) in [6.07, 6.45) is 0.444. The maximum absolute atomic E-state index is 13.4. The molecule has 31 heavy (non-hydrogen) atoms. The number of fused-ring (bicyclic) bond motifs is 3. The highest BCUT2D eigenvalue weighted by atomic mass is 16.5. The summed E-state index contributed by atoms with van der Waals surface area (Å²) >= 11 is 0. The van der Waals surface area contributed by atoms with Crippen molar-refractivity contribution in [2.45, 2.75) is 25.8 Å². The number of rotatable bonds is 4. The minimum absolute atomic E-state index is 0.00188. The number of benzene rings is 4. The first-order valence-electron chi connectivity index (χ1n) is 10.7. The molecule has 154 valence electrons. The second-order valence-corrected chi connectivity index (χ2v) is 8.22. The molecular formula is C28H25NO2. The molecule has 0 spiro atoms. The predicted molar refractivity (Wildman–Crippen MR) is 126 cm³/mol. The third kappa shape index (κ3) is 3.57. The highest BCUT2D eigenvalue weighted by Crippen LogP contribution is 2.45. The molecule has 1 amide bonds. The largest absolute Gasteiger partial charge is 0.497 e. The molecule has 0 aliphatic carbocycles. The number of anilines is 1. The molecule has 3 nitrogen and oxygen atoms in total. The van der Waals surface area contributed by atoms with E-state index in [4.69, 9.17) is 4.74 Å². The molecule has 0 fully saturated rings. The molecule has 0 radical (unpaired) electrons. The molecule has 1 aliphatic heterocycles. The number of aryl methyl sites for hydroxylation is 1. The SMILES string of the molecule is COc1cccc(C2CC(=O)N(Cc3ccc(C)cc3)c3ccc4ccccc4c32)c1. The van der Waals surface area contributed by atoms with Crippen LogP contribution in [0.5, 0.6) is 5.75 Å². The van der Waals surface area contributed by atoms with Crippen LogP contribution in [0.2, 0.25) is 0 Å². The van der Waals surface area contributed by atoms with Crippen LogP contribution in [0.15, 0.2) is 84.9 Å². The smallest absolute Gasteiger partial charge is 0.228 e. The maximum atomic E-state index is 13.4. The normalized spacial score (nSPS) is 15.7. The van der Waals surface area contributed by atoms with Gasteiger partial charge < -0.3 is 9.64 Å². The van der Waals surface area contributed by atoms with Crippen molar-refractivity contribution < 1.29 is 9.53 Å². The Balaban J connectivity index is 1.67. The van der Waals surface area contributed by atoms with Crippen LogP contribution in [-0.2, 0) is 11.3 Å². The molecule has 0 aromatic heterocycles. The lowest BCUT2D eigenvalue weighted by Gasteiger charge is -2.35. The van der Waals surface area contributed by atoms with E-state index in [-0.39, 0.29) is 11.8 Å². The second kappa shape index (κ2) is 7.92. The van der Waals surface area contributed by atoms with Gasteiger partial charge in [0.2, 0.25) is 5.91 Å². The number of methoxy groups -OCH3 is 1. The Kier molecular flexibility index (Phi) is 4.95. The minimum atomic E-state index is -0.00188.